The maximum absolute atomic E-state index is 13.0. The lowest BCUT2D eigenvalue weighted by atomic mass is 9.67. The van der Waals surface area contributed by atoms with Crippen LogP contribution in [-0.4, -0.2) is 38.4 Å². The van der Waals surface area contributed by atoms with Crippen LogP contribution in [-0.2, 0) is 17.8 Å². The number of aryl methyl sites for hydroxylation is 1. The van der Waals surface area contributed by atoms with Crippen LogP contribution in [0.15, 0.2) is 48.8 Å². The van der Waals surface area contributed by atoms with Gasteiger partial charge in [-0.05, 0) is 85.3 Å². The largest absolute Gasteiger partial charge is 0.394 e. The monoisotopic (exact) mass is 486 g/mol. The van der Waals surface area contributed by atoms with Gasteiger partial charge in [0.25, 0.3) is 0 Å². The van der Waals surface area contributed by atoms with Crippen LogP contribution < -0.4 is 4.90 Å². The van der Waals surface area contributed by atoms with Crippen LogP contribution >= 0.6 is 0 Å². The maximum Gasteiger partial charge on any atom is 0.224 e. The Morgan fingerprint density at radius 3 is 2.67 bits per heavy atom. The molecule has 1 aliphatic carbocycles. The molecule has 2 aromatic heterocycles. The third-order valence-electron chi connectivity index (χ3n) is 8.24. The van der Waals surface area contributed by atoms with Crippen LogP contribution in [0.1, 0.15) is 62.9 Å². The van der Waals surface area contributed by atoms with Gasteiger partial charge in [0, 0.05) is 41.8 Å². The maximum atomic E-state index is 13.0. The van der Waals surface area contributed by atoms with Crippen molar-refractivity contribution in [3.05, 3.63) is 65.7 Å². The standard InChI is InChI=1S/C30H38N4O2/c1-5-22(15-26-8-6-7-19(2)32-26)29-20(3)30(23-9-10-23)34(21(4)36)28-12-11-24(16-27(28)29)25-17-31-33(18-25)13-14-35/h6-8,11-12,16-18,20,22-23,29-30,35H,5,9-10,13-15H2,1-4H3. The predicted molar refractivity (Wildman–Crippen MR) is 143 cm³/mol. The fourth-order valence-electron chi connectivity index (χ4n) is 6.50. The highest BCUT2D eigenvalue weighted by molar-refractivity contribution is 5.94. The van der Waals surface area contributed by atoms with Gasteiger partial charge in [-0.1, -0.05) is 32.4 Å². The molecule has 1 fully saturated rings. The molecule has 0 saturated heterocycles. The third kappa shape index (κ3) is 4.71. The predicted octanol–water partition coefficient (Wildman–Crippen LogP) is 5.38. The van der Waals surface area contributed by atoms with E-state index in [9.17, 15) is 9.90 Å². The average Bonchev–Trinajstić information content (AvgIpc) is 3.59. The van der Waals surface area contributed by atoms with Crippen LogP contribution in [0, 0.1) is 24.7 Å². The average molecular weight is 487 g/mol. The number of aliphatic hydroxyl groups excluding tert-OH is 1. The number of hydrogen-bond acceptors (Lipinski definition) is 4. The Morgan fingerprint density at radius 1 is 1.19 bits per heavy atom. The molecule has 4 unspecified atom stereocenters. The minimum absolute atomic E-state index is 0.0617. The lowest BCUT2D eigenvalue weighted by molar-refractivity contribution is -0.117. The summed E-state index contributed by atoms with van der Waals surface area (Å²) in [6.45, 7) is 8.97. The van der Waals surface area contributed by atoms with Gasteiger partial charge in [-0.25, -0.2) is 0 Å². The Hall–Kier alpha value is -2.99. The van der Waals surface area contributed by atoms with Gasteiger partial charge in [0.05, 0.1) is 19.3 Å². The Labute approximate surface area is 214 Å². The SMILES string of the molecule is CCC(Cc1cccc(C)n1)C1c2cc(-c3cnn(CCO)c3)ccc2N(C(C)=O)C(C2CC2)C1C. The number of aromatic nitrogens is 3. The van der Waals surface area contributed by atoms with E-state index in [0.29, 0.717) is 30.2 Å². The molecule has 0 spiro atoms. The van der Waals surface area contributed by atoms with Crippen molar-refractivity contribution >= 4 is 11.6 Å². The van der Waals surface area contributed by atoms with Crippen LogP contribution in [0.25, 0.3) is 11.1 Å². The second-order valence-corrected chi connectivity index (χ2v) is 10.7. The Kier molecular flexibility index (Phi) is 6.98. The van der Waals surface area contributed by atoms with Crippen LogP contribution in [0.5, 0.6) is 0 Å². The van der Waals surface area contributed by atoms with Crippen LogP contribution in [0.4, 0.5) is 5.69 Å². The number of rotatable bonds is 8. The molecule has 1 N–H and O–H groups in total. The summed E-state index contributed by atoms with van der Waals surface area (Å²) in [5, 5.41) is 13.7. The quantitative estimate of drug-likeness (QED) is 0.464. The van der Waals surface area contributed by atoms with Crippen molar-refractivity contribution in [1.29, 1.82) is 0 Å². The number of anilines is 1. The fourth-order valence-corrected chi connectivity index (χ4v) is 6.50. The summed E-state index contributed by atoms with van der Waals surface area (Å²) in [7, 11) is 0. The number of nitrogens with zero attached hydrogens (tertiary/aromatic N) is 4. The van der Waals surface area contributed by atoms with Gasteiger partial charge < -0.3 is 10.0 Å². The summed E-state index contributed by atoms with van der Waals surface area (Å²) in [5.41, 5.74) is 6.68. The lowest BCUT2D eigenvalue weighted by Gasteiger charge is -2.48. The van der Waals surface area contributed by atoms with Gasteiger partial charge in [-0.15, -0.1) is 0 Å². The van der Waals surface area contributed by atoms with E-state index in [-0.39, 0.29) is 18.6 Å². The lowest BCUT2D eigenvalue weighted by Crippen LogP contribution is -2.51. The zero-order chi connectivity index (χ0) is 25.4. The minimum atomic E-state index is 0.0617. The number of aliphatic hydroxyl groups is 1. The molecule has 0 bridgehead atoms. The van der Waals surface area contributed by atoms with Crippen molar-refractivity contribution in [2.45, 2.75) is 71.9 Å². The van der Waals surface area contributed by atoms with E-state index < -0.39 is 0 Å². The Morgan fingerprint density at radius 2 is 2.00 bits per heavy atom. The molecule has 36 heavy (non-hydrogen) atoms. The molecule has 1 amide bonds. The first-order chi connectivity index (χ1) is 17.4. The molecular formula is C30H38N4O2. The van der Waals surface area contributed by atoms with E-state index in [0.717, 1.165) is 41.0 Å². The fraction of sp³-hybridized carbons (Fsp3) is 0.500. The summed E-state index contributed by atoms with van der Waals surface area (Å²) < 4.78 is 1.78. The van der Waals surface area contributed by atoms with Gasteiger partial charge >= 0.3 is 0 Å². The number of benzene rings is 1. The highest BCUT2D eigenvalue weighted by Gasteiger charge is 2.49. The zero-order valence-corrected chi connectivity index (χ0v) is 21.9. The normalized spacial score (nSPS) is 22.4. The summed E-state index contributed by atoms with van der Waals surface area (Å²) in [5.74, 6) is 1.84. The van der Waals surface area contributed by atoms with Gasteiger partial charge in [-0.2, -0.15) is 5.10 Å². The van der Waals surface area contributed by atoms with Crippen LogP contribution in [0.3, 0.4) is 0 Å². The number of amides is 1. The second kappa shape index (κ2) is 10.2. The van der Waals surface area contributed by atoms with E-state index >= 15 is 0 Å². The summed E-state index contributed by atoms with van der Waals surface area (Å²) in [4.78, 5) is 20.0. The van der Waals surface area contributed by atoms with Crippen molar-refractivity contribution in [1.82, 2.24) is 14.8 Å². The summed E-state index contributed by atoms with van der Waals surface area (Å²) in [6.07, 6.45) is 8.26. The third-order valence-corrected chi connectivity index (χ3v) is 8.24. The van der Waals surface area contributed by atoms with E-state index in [4.69, 9.17) is 4.98 Å². The molecular weight excluding hydrogens is 448 g/mol. The molecule has 5 rings (SSSR count). The van der Waals surface area contributed by atoms with Gasteiger partial charge in [0.2, 0.25) is 5.91 Å². The van der Waals surface area contributed by atoms with Gasteiger partial charge in [-0.3, -0.25) is 14.5 Å². The van der Waals surface area contributed by atoms with Gasteiger partial charge in [0.15, 0.2) is 0 Å². The molecule has 6 nitrogen and oxygen atoms in total. The molecule has 3 aromatic rings. The zero-order valence-electron chi connectivity index (χ0n) is 21.9. The highest BCUT2D eigenvalue weighted by atomic mass is 16.3. The molecule has 1 aromatic carbocycles. The first kappa shape index (κ1) is 24.7. The number of pyridine rings is 1. The number of hydrogen-bond donors (Lipinski definition) is 1. The van der Waals surface area contributed by atoms with E-state index in [1.54, 1.807) is 11.6 Å². The number of carbonyl (C=O) groups excluding carboxylic acids is 1. The second-order valence-electron chi connectivity index (χ2n) is 10.7. The van der Waals surface area contributed by atoms with Crippen molar-refractivity contribution in [2.24, 2.45) is 17.8 Å². The Bertz CT molecular complexity index is 1230. The van der Waals surface area contributed by atoms with Crippen molar-refractivity contribution in [3.63, 3.8) is 0 Å². The topological polar surface area (TPSA) is 71.2 Å². The first-order valence-corrected chi connectivity index (χ1v) is 13.4. The molecule has 1 aliphatic heterocycles. The molecule has 3 heterocycles. The molecule has 190 valence electrons. The smallest absolute Gasteiger partial charge is 0.224 e. The van der Waals surface area contributed by atoms with E-state index in [2.05, 4.69) is 67.2 Å². The molecule has 4 atom stereocenters. The molecule has 0 radical (unpaired) electrons. The summed E-state index contributed by atoms with van der Waals surface area (Å²) in [6, 6.07) is 13.1. The Balaban J connectivity index is 1.60. The van der Waals surface area contributed by atoms with Crippen LogP contribution in [0.2, 0.25) is 0 Å². The van der Waals surface area contributed by atoms with Crippen molar-refractivity contribution < 1.29 is 9.90 Å². The summed E-state index contributed by atoms with van der Waals surface area (Å²) >= 11 is 0. The molecule has 2 aliphatic rings. The molecule has 6 heteroatoms. The first-order valence-electron chi connectivity index (χ1n) is 13.4. The van der Waals surface area contributed by atoms with Crippen molar-refractivity contribution in [2.75, 3.05) is 11.5 Å². The highest BCUT2D eigenvalue weighted by Crippen LogP contribution is 2.53. The van der Waals surface area contributed by atoms with E-state index in [1.165, 1.54) is 18.4 Å². The van der Waals surface area contributed by atoms with Gasteiger partial charge in [0.1, 0.15) is 0 Å². The van der Waals surface area contributed by atoms with Crippen molar-refractivity contribution in [3.8, 4) is 11.1 Å². The minimum Gasteiger partial charge on any atom is -0.394 e. The number of fused-ring (bicyclic) bond motifs is 1. The number of carbonyl (C=O) groups is 1. The van der Waals surface area contributed by atoms with E-state index in [1.807, 2.05) is 12.4 Å². The molecule has 1 saturated carbocycles.